The molecule has 0 atom stereocenters. The SMILES string of the molecule is CCOC(=O)c1c(C)nsc1Nc1cccc(C)c1C. The Kier molecular flexibility index (Phi) is 4.39. The van der Waals surface area contributed by atoms with Crippen molar-refractivity contribution in [3.8, 4) is 0 Å². The van der Waals surface area contributed by atoms with Crippen LogP contribution >= 0.6 is 11.5 Å². The van der Waals surface area contributed by atoms with E-state index in [4.69, 9.17) is 4.74 Å². The summed E-state index contributed by atoms with van der Waals surface area (Å²) in [6.07, 6.45) is 0. The van der Waals surface area contributed by atoms with Gasteiger partial charge in [-0.05, 0) is 56.4 Å². The van der Waals surface area contributed by atoms with Gasteiger partial charge >= 0.3 is 5.97 Å². The standard InChI is InChI=1S/C15H18N2O2S/c1-5-19-15(18)13-11(4)17-20-14(13)16-12-8-6-7-9(2)10(12)3/h6-8,16H,5H2,1-4H3. The highest BCUT2D eigenvalue weighted by atomic mass is 32.1. The molecule has 0 unspecified atom stereocenters. The number of nitrogens with one attached hydrogen (secondary N) is 1. The highest BCUT2D eigenvalue weighted by Crippen LogP contribution is 2.30. The summed E-state index contributed by atoms with van der Waals surface area (Å²) in [6.45, 7) is 8.08. The number of nitrogens with zero attached hydrogens (tertiary/aromatic N) is 1. The lowest BCUT2D eigenvalue weighted by Gasteiger charge is -2.11. The zero-order valence-electron chi connectivity index (χ0n) is 12.1. The van der Waals surface area contributed by atoms with Gasteiger partial charge in [-0.1, -0.05) is 12.1 Å². The minimum atomic E-state index is -0.327. The monoisotopic (exact) mass is 290 g/mol. The number of hydrogen-bond acceptors (Lipinski definition) is 5. The van der Waals surface area contributed by atoms with Gasteiger partial charge in [-0.2, -0.15) is 4.37 Å². The summed E-state index contributed by atoms with van der Waals surface area (Å²) >= 11 is 1.28. The molecule has 0 amide bonds. The van der Waals surface area contributed by atoms with E-state index in [2.05, 4.69) is 29.6 Å². The molecule has 2 aromatic rings. The third-order valence-corrected chi connectivity index (χ3v) is 4.05. The lowest BCUT2D eigenvalue weighted by molar-refractivity contribution is 0.0527. The van der Waals surface area contributed by atoms with E-state index in [1.165, 1.54) is 17.1 Å². The van der Waals surface area contributed by atoms with Crippen LogP contribution in [-0.2, 0) is 4.74 Å². The molecule has 20 heavy (non-hydrogen) atoms. The van der Waals surface area contributed by atoms with Crippen LogP contribution in [0.3, 0.4) is 0 Å². The molecule has 5 heteroatoms. The normalized spacial score (nSPS) is 10.4. The van der Waals surface area contributed by atoms with Crippen molar-refractivity contribution in [3.05, 3.63) is 40.6 Å². The molecule has 0 aliphatic heterocycles. The molecule has 0 saturated heterocycles. The van der Waals surface area contributed by atoms with Gasteiger partial charge in [0, 0.05) is 5.69 Å². The molecule has 0 bridgehead atoms. The molecule has 0 spiro atoms. The first-order chi connectivity index (χ1) is 9.54. The summed E-state index contributed by atoms with van der Waals surface area (Å²) in [5.74, 6) is -0.327. The van der Waals surface area contributed by atoms with E-state index in [9.17, 15) is 4.79 Å². The number of aryl methyl sites for hydroxylation is 2. The zero-order valence-corrected chi connectivity index (χ0v) is 12.9. The molecule has 0 aliphatic rings. The summed E-state index contributed by atoms with van der Waals surface area (Å²) in [5.41, 5.74) is 4.57. The first-order valence-electron chi connectivity index (χ1n) is 6.51. The van der Waals surface area contributed by atoms with E-state index in [1.807, 2.05) is 19.1 Å². The van der Waals surface area contributed by atoms with Crippen LogP contribution in [0, 0.1) is 20.8 Å². The largest absolute Gasteiger partial charge is 0.462 e. The lowest BCUT2D eigenvalue weighted by Crippen LogP contribution is -2.08. The van der Waals surface area contributed by atoms with Crippen LogP contribution in [0.25, 0.3) is 0 Å². The van der Waals surface area contributed by atoms with Crippen LogP contribution in [0.2, 0.25) is 0 Å². The van der Waals surface area contributed by atoms with Gasteiger partial charge in [0.05, 0.1) is 12.3 Å². The van der Waals surface area contributed by atoms with Gasteiger partial charge in [0.25, 0.3) is 0 Å². The van der Waals surface area contributed by atoms with E-state index in [0.29, 0.717) is 17.9 Å². The average Bonchev–Trinajstić information content (AvgIpc) is 2.76. The first kappa shape index (κ1) is 14.5. The minimum Gasteiger partial charge on any atom is -0.462 e. The Morgan fingerprint density at radius 2 is 2.10 bits per heavy atom. The van der Waals surface area contributed by atoms with Crippen LogP contribution in [0.1, 0.15) is 34.1 Å². The Balaban J connectivity index is 2.35. The quantitative estimate of drug-likeness (QED) is 0.865. The second-order valence-electron chi connectivity index (χ2n) is 4.57. The molecule has 0 radical (unpaired) electrons. The summed E-state index contributed by atoms with van der Waals surface area (Å²) in [7, 11) is 0. The predicted octanol–water partition coefficient (Wildman–Crippen LogP) is 3.99. The van der Waals surface area contributed by atoms with E-state index in [0.717, 1.165) is 16.3 Å². The number of aromatic nitrogens is 1. The number of carbonyl (C=O) groups is 1. The lowest BCUT2D eigenvalue weighted by atomic mass is 10.1. The molecule has 106 valence electrons. The third kappa shape index (κ3) is 2.82. The van der Waals surface area contributed by atoms with E-state index in [1.54, 1.807) is 6.92 Å². The molecule has 1 N–H and O–H groups in total. The summed E-state index contributed by atoms with van der Waals surface area (Å²) < 4.78 is 9.33. The Morgan fingerprint density at radius 3 is 2.80 bits per heavy atom. The Morgan fingerprint density at radius 1 is 1.35 bits per heavy atom. The highest BCUT2D eigenvalue weighted by molar-refractivity contribution is 7.10. The molecule has 1 heterocycles. The Hall–Kier alpha value is -1.88. The van der Waals surface area contributed by atoms with Crippen molar-refractivity contribution in [2.75, 3.05) is 11.9 Å². The van der Waals surface area contributed by atoms with Crippen molar-refractivity contribution in [2.45, 2.75) is 27.7 Å². The van der Waals surface area contributed by atoms with Crippen molar-refractivity contribution in [1.82, 2.24) is 4.37 Å². The molecule has 0 fully saturated rings. The molecule has 0 aliphatic carbocycles. The Labute approximate surface area is 123 Å². The number of rotatable bonds is 4. The number of carbonyl (C=O) groups excluding carboxylic acids is 1. The molecular weight excluding hydrogens is 272 g/mol. The maximum absolute atomic E-state index is 12.0. The van der Waals surface area contributed by atoms with Gasteiger partial charge < -0.3 is 10.1 Å². The second-order valence-corrected chi connectivity index (χ2v) is 5.34. The fourth-order valence-corrected chi connectivity index (χ4v) is 2.70. The van der Waals surface area contributed by atoms with Gasteiger partial charge in [0.15, 0.2) is 0 Å². The van der Waals surface area contributed by atoms with Crippen molar-refractivity contribution in [2.24, 2.45) is 0 Å². The minimum absolute atomic E-state index is 0.327. The third-order valence-electron chi connectivity index (χ3n) is 3.20. The van der Waals surface area contributed by atoms with Gasteiger partial charge in [0.1, 0.15) is 10.6 Å². The van der Waals surface area contributed by atoms with Gasteiger partial charge in [-0.25, -0.2) is 4.79 Å². The maximum atomic E-state index is 12.0. The number of ether oxygens (including phenoxy) is 1. The average molecular weight is 290 g/mol. The van der Waals surface area contributed by atoms with Crippen molar-refractivity contribution >= 4 is 28.2 Å². The zero-order chi connectivity index (χ0) is 14.7. The molecule has 0 saturated carbocycles. The van der Waals surface area contributed by atoms with Crippen molar-refractivity contribution in [1.29, 1.82) is 0 Å². The number of benzene rings is 1. The van der Waals surface area contributed by atoms with E-state index in [-0.39, 0.29) is 5.97 Å². The smallest absolute Gasteiger partial charge is 0.343 e. The van der Waals surface area contributed by atoms with Crippen LogP contribution in [0.4, 0.5) is 10.7 Å². The molecular formula is C15H18N2O2S. The van der Waals surface area contributed by atoms with Crippen LogP contribution in [0.15, 0.2) is 18.2 Å². The fraction of sp³-hybridized carbons (Fsp3) is 0.333. The maximum Gasteiger partial charge on any atom is 0.343 e. The molecule has 2 rings (SSSR count). The van der Waals surface area contributed by atoms with Gasteiger partial charge in [-0.3, -0.25) is 0 Å². The first-order valence-corrected chi connectivity index (χ1v) is 7.28. The number of anilines is 2. The molecule has 1 aromatic heterocycles. The highest BCUT2D eigenvalue weighted by Gasteiger charge is 2.20. The molecule has 4 nitrogen and oxygen atoms in total. The van der Waals surface area contributed by atoms with Crippen LogP contribution < -0.4 is 5.32 Å². The van der Waals surface area contributed by atoms with Gasteiger partial charge in [-0.15, -0.1) is 0 Å². The van der Waals surface area contributed by atoms with Crippen LogP contribution in [-0.4, -0.2) is 16.9 Å². The second kappa shape index (κ2) is 6.05. The summed E-state index contributed by atoms with van der Waals surface area (Å²) in [4.78, 5) is 12.0. The van der Waals surface area contributed by atoms with Gasteiger partial charge in [0.2, 0.25) is 0 Å². The van der Waals surface area contributed by atoms with E-state index >= 15 is 0 Å². The number of esters is 1. The topological polar surface area (TPSA) is 51.2 Å². The Bertz CT molecular complexity index is 635. The van der Waals surface area contributed by atoms with Crippen LogP contribution in [0.5, 0.6) is 0 Å². The fourth-order valence-electron chi connectivity index (χ4n) is 1.91. The summed E-state index contributed by atoms with van der Waals surface area (Å²) in [6, 6.07) is 6.04. The molecule has 1 aromatic carbocycles. The van der Waals surface area contributed by atoms with E-state index < -0.39 is 0 Å². The van der Waals surface area contributed by atoms with Crippen molar-refractivity contribution in [3.63, 3.8) is 0 Å². The predicted molar refractivity (Wildman–Crippen MR) is 82.0 cm³/mol. The van der Waals surface area contributed by atoms with Crippen molar-refractivity contribution < 1.29 is 9.53 Å². The number of hydrogen-bond donors (Lipinski definition) is 1. The summed E-state index contributed by atoms with van der Waals surface area (Å²) in [5, 5.41) is 4.03.